The summed E-state index contributed by atoms with van der Waals surface area (Å²) in [5, 5.41) is 10.6. The van der Waals surface area contributed by atoms with Gasteiger partial charge in [0.05, 0.1) is 5.56 Å². The Balaban J connectivity index is 2.95. The van der Waals surface area contributed by atoms with Crippen molar-refractivity contribution in [1.29, 1.82) is 0 Å². The summed E-state index contributed by atoms with van der Waals surface area (Å²) >= 11 is 6.82. The standard InChI is InChI=1S/C11H6Br2O2/c12-8-3-1-2-6-7(11(14)15)4-5-9(13)10(6)8/h1-5H,(H,14,15). The van der Waals surface area contributed by atoms with Crippen LogP contribution in [0.3, 0.4) is 0 Å². The Morgan fingerprint density at radius 1 is 1.07 bits per heavy atom. The van der Waals surface area contributed by atoms with Crippen molar-refractivity contribution in [3.63, 3.8) is 0 Å². The first-order chi connectivity index (χ1) is 7.11. The van der Waals surface area contributed by atoms with Crippen LogP contribution >= 0.6 is 31.9 Å². The van der Waals surface area contributed by atoms with E-state index in [9.17, 15) is 4.79 Å². The van der Waals surface area contributed by atoms with Crippen LogP contribution < -0.4 is 0 Å². The van der Waals surface area contributed by atoms with E-state index >= 15 is 0 Å². The van der Waals surface area contributed by atoms with Crippen LogP contribution in [0.25, 0.3) is 10.8 Å². The maximum absolute atomic E-state index is 11.0. The highest BCUT2D eigenvalue weighted by molar-refractivity contribution is 9.11. The van der Waals surface area contributed by atoms with Crippen LogP contribution in [0.5, 0.6) is 0 Å². The smallest absolute Gasteiger partial charge is 0.336 e. The molecule has 2 aromatic carbocycles. The molecule has 0 aromatic heterocycles. The fraction of sp³-hybridized carbons (Fsp3) is 0. The van der Waals surface area contributed by atoms with Crippen LogP contribution in [0.1, 0.15) is 10.4 Å². The largest absolute Gasteiger partial charge is 0.478 e. The van der Waals surface area contributed by atoms with E-state index in [4.69, 9.17) is 5.11 Å². The van der Waals surface area contributed by atoms with Crippen molar-refractivity contribution in [3.05, 3.63) is 44.8 Å². The molecular weight excluding hydrogens is 324 g/mol. The summed E-state index contributed by atoms with van der Waals surface area (Å²) in [5.41, 5.74) is 0.314. The van der Waals surface area contributed by atoms with E-state index in [1.165, 1.54) is 0 Å². The summed E-state index contributed by atoms with van der Waals surface area (Å²) in [6, 6.07) is 8.86. The van der Waals surface area contributed by atoms with Gasteiger partial charge in [-0.05, 0) is 23.6 Å². The zero-order valence-corrected chi connectivity index (χ0v) is 10.7. The quantitative estimate of drug-likeness (QED) is 0.856. The van der Waals surface area contributed by atoms with Gasteiger partial charge in [-0.1, -0.05) is 44.0 Å². The maximum Gasteiger partial charge on any atom is 0.336 e. The van der Waals surface area contributed by atoms with Gasteiger partial charge >= 0.3 is 5.97 Å². The van der Waals surface area contributed by atoms with Gasteiger partial charge in [0.25, 0.3) is 0 Å². The van der Waals surface area contributed by atoms with Crippen LogP contribution in [-0.2, 0) is 0 Å². The SMILES string of the molecule is O=C(O)c1ccc(Br)c2c(Br)cccc12. The number of halogens is 2. The van der Waals surface area contributed by atoms with Crippen molar-refractivity contribution in [2.45, 2.75) is 0 Å². The highest BCUT2D eigenvalue weighted by Crippen LogP contribution is 2.32. The van der Waals surface area contributed by atoms with Crippen molar-refractivity contribution < 1.29 is 9.90 Å². The first-order valence-electron chi connectivity index (χ1n) is 4.21. The molecule has 0 radical (unpaired) electrons. The van der Waals surface area contributed by atoms with Gasteiger partial charge in [-0.2, -0.15) is 0 Å². The highest BCUT2D eigenvalue weighted by atomic mass is 79.9. The monoisotopic (exact) mass is 328 g/mol. The topological polar surface area (TPSA) is 37.3 Å². The first kappa shape index (κ1) is 10.6. The summed E-state index contributed by atoms with van der Waals surface area (Å²) in [5.74, 6) is -0.911. The summed E-state index contributed by atoms with van der Waals surface area (Å²) in [4.78, 5) is 11.0. The molecule has 0 saturated heterocycles. The summed E-state index contributed by atoms with van der Waals surface area (Å²) in [6.07, 6.45) is 0. The number of aromatic carboxylic acids is 1. The summed E-state index contributed by atoms with van der Waals surface area (Å²) < 4.78 is 1.77. The lowest BCUT2D eigenvalue weighted by atomic mass is 10.1. The Hall–Kier alpha value is -0.870. The maximum atomic E-state index is 11.0. The van der Waals surface area contributed by atoms with Crippen LogP contribution in [-0.4, -0.2) is 11.1 Å². The molecule has 15 heavy (non-hydrogen) atoms. The lowest BCUT2D eigenvalue weighted by Crippen LogP contribution is -1.97. The Kier molecular flexibility index (Phi) is 2.80. The van der Waals surface area contributed by atoms with Crippen molar-refractivity contribution in [1.82, 2.24) is 0 Å². The van der Waals surface area contributed by atoms with E-state index in [-0.39, 0.29) is 0 Å². The second-order valence-electron chi connectivity index (χ2n) is 3.06. The molecule has 4 heteroatoms. The van der Waals surface area contributed by atoms with Gasteiger partial charge in [-0.3, -0.25) is 0 Å². The first-order valence-corrected chi connectivity index (χ1v) is 5.80. The molecule has 0 unspecified atom stereocenters. The molecule has 0 aliphatic heterocycles. The van der Waals surface area contributed by atoms with Gasteiger partial charge in [-0.25, -0.2) is 4.79 Å². The molecule has 0 fully saturated rings. The molecule has 2 nitrogen and oxygen atoms in total. The zero-order chi connectivity index (χ0) is 11.0. The average molecular weight is 330 g/mol. The highest BCUT2D eigenvalue weighted by Gasteiger charge is 2.11. The van der Waals surface area contributed by atoms with Crippen molar-refractivity contribution >= 4 is 48.6 Å². The predicted octanol–water partition coefficient (Wildman–Crippen LogP) is 4.06. The molecule has 2 rings (SSSR count). The zero-order valence-electron chi connectivity index (χ0n) is 7.50. The van der Waals surface area contributed by atoms with E-state index in [1.807, 2.05) is 12.1 Å². The second kappa shape index (κ2) is 3.94. The predicted molar refractivity (Wildman–Crippen MR) is 66.3 cm³/mol. The number of rotatable bonds is 1. The lowest BCUT2D eigenvalue weighted by Gasteiger charge is -2.06. The van der Waals surface area contributed by atoms with Gasteiger partial charge in [0, 0.05) is 14.3 Å². The van der Waals surface area contributed by atoms with Gasteiger partial charge in [0.15, 0.2) is 0 Å². The number of hydrogen-bond acceptors (Lipinski definition) is 1. The molecule has 0 heterocycles. The average Bonchev–Trinajstić information content (AvgIpc) is 2.17. The van der Waals surface area contributed by atoms with Gasteiger partial charge < -0.3 is 5.11 Å². The minimum Gasteiger partial charge on any atom is -0.478 e. The van der Waals surface area contributed by atoms with Crippen LogP contribution in [0.15, 0.2) is 39.3 Å². The molecule has 0 aliphatic carbocycles. The van der Waals surface area contributed by atoms with Crippen molar-refractivity contribution in [2.75, 3.05) is 0 Å². The molecular formula is C11H6Br2O2. The Morgan fingerprint density at radius 2 is 1.73 bits per heavy atom. The van der Waals surface area contributed by atoms with Crippen LogP contribution in [0.2, 0.25) is 0 Å². The number of hydrogen-bond donors (Lipinski definition) is 1. The number of carboxylic acids is 1. The summed E-state index contributed by atoms with van der Waals surface area (Å²) in [7, 11) is 0. The number of fused-ring (bicyclic) bond motifs is 1. The fourth-order valence-corrected chi connectivity index (χ4v) is 2.91. The fourth-order valence-electron chi connectivity index (χ4n) is 1.51. The van der Waals surface area contributed by atoms with E-state index in [0.29, 0.717) is 5.56 Å². The minimum atomic E-state index is -0.911. The van der Waals surface area contributed by atoms with Crippen LogP contribution in [0.4, 0.5) is 0 Å². The Labute approximate surface area is 103 Å². The molecule has 0 saturated carbocycles. The molecule has 0 amide bonds. The van der Waals surface area contributed by atoms with Crippen molar-refractivity contribution in [2.24, 2.45) is 0 Å². The second-order valence-corrected chi connectivity index (χ2v) is 4.77. The third-order valence-electron chi connectivity index (χ3n) is 2.17. The van der Waals surface area contributed by atoms with E-state index in [2.05, 4.69) is 31.9 Å². The number of carboxylic acid groups (broad SMARTS) is 1. The Bertz CT molecular complexity index is 541. The van der Waals surface area contributed by atoms with E-state index < -0.39 is 5.97 Å². The third-order valence-corrected chi connectivity index (χ3v) is 3.49. The normalized spacial score (nSPS) is 10.5. The van der Waals surface area contributed by atoms with E-state index in [0.717, 1.165) is 19.7 Å². The molecule has 0 bridgehead atoms. The van der Waals surface area contributed by atoms with Gasteiger partial charge in [0.1, 0.15) is 0 Å². The van der Waals surface area contributed by atoms with Gasteiger partial charge in [-0.15, -0.1) is 0 Å². The molecule has 2 aromatic rings. The molecule has 76 valence electrons. The Morgan fingerprint density at radius 3 is 2.40 bits per heavy atom. The van der Waals surface area contributed by atoms with E-state index in [1.54, 1.807) is 18.2 Å². The third kappa shape index (κ3) is 1.79. The lowest BCUT2D eigenvalue weighted by molar-refractivity contribution is 0.0699. The van der Waals surface area contributed by atoms with Gasteiger partial charge in [0.2, 0.25) is 0 Å². The molecule has 0 spiro atoms. The molecule has 0 atom stereocenters. The number of carbonyl (C=O) groups is 1. The minimum absolute atomic E-state index is 0.314. The van der Waals surface area contributed by atoms with Crippen LogP contribution in [0, 0.1) is 0 Å². The van der Waals surface area contributed by atoms with Crippen molar-refractivity contribution in [3.8, 4) is 0 Å². The molecule has 0 aliphatic rings. The molecule has 1 N–H and O–H groups in total. The summed E-state index contributed by atoms with van der Waals surface area (Å²) in [6.45, 7) is 0. The number of benzene rings is 2.